The number of nitrogens with one attached hydrogen (secondary N) is 2. The number of H-pyrrole nitrogens is 1. The molecule has 0 aliphatic heterocycles. The van der Waals surface area contributed by atoms with Gasteiger partial charge in [-0.1, -0.05) is 0 Å². The number of halogens is 1. The molecule has 20 heavy (non-hydrogen) atoms. The number of thiophene rings is 1. The van der Waals surface area contributed by atoms with Crippen LogP contribution < -0.4 is 5.32 Å². The maximum atomic E-state index is 13.1. The van der Waals surface area contributed by atoms with Crippen molar-refractivity contribution >= 4 is 33.1 Å². The van der Waals surface area contributed by atoms with Gasteiger partial charge < -0.3 is 5.32 Å². The number of carbonyl (C=O) groups is 1. The summed E-state index contributed by atoms with van der Waals surface area (Å²) in [5, 5.41) is 10.3. The molecule has 2 heterocycles. The van der Waals surface area contributed by atoms with Crippen LogP contribution in [0.4, 0.5) is 10.2 Å². The Morgan fingerprint density at radius 1 is 1.35 bits per heavy atom. The van der Waals surface area contributed by atoms with E-state index < -0.39 is 0 Å². The summed E-state index contributed by atoms with van der Waals surface area (Å²) >= 11 is 1.33. The molecule has 1 aromatic carbocycles. The van der Waals surface area contributed by atoms with Gasteiger partial charge in [0, 0.05) is 16.0 Å². The van der Waals surface area contributed by atoms with Gasteiger partial charge in [-0.15, -0.1) is 11.3 Å². The van der Waals surface area contributed by atoms with Crippen molar-refractivity contribution in [1.82, 2.24) is 10.2 Å². The van der Waals surface area contributed by atoms with E-state index in [4.69, 9.17) is 0 Å². The first-order valence-corrected chi connectivity index (χ1v) is 6.88. The van der Waals surface area contributed by atoms with Gasteiger partial charge in [0.15, 0.2) is 5.82 Å². The predicted octanol–water partition coefficient (Wildman–Crippen LogP) is 3.63. The Balaban J connectivity index is 1.90. The second-order valence-electron chi connectivity index (χ2n) is 4.57. The first-order chi connectivity index (χ1) is 9.54. The van der Waals surface area contributed by atoms with Gasteiger partial charge in [0.2, 0.25) is 0 Å². The Morgan fingerprint density at radius 2 is 2.15 bits per heavy atom. The Hall–Kier alpha value is -2.21. The van der Waals surface area contributed by atoms with Crippen LogP contribution in [0.15, 0.2) is 24.3 Å². The lowest BCUT2D eigenvalue weighted by atomic mass is 10.2. The van der Waals surface area contributed by atoms with E-state index in [9.17, 15) is 9.18 Å². The maximum Gasteiger partial charge on any atom is 0.266 e. The minimum absolute atomic E-state index is 0.235. The number of aromatic amines is 1. The largest absolute Gasteiger partial charge is 0.304 e. The van der Waals surface area contributed by atoms with Crippen LogP contribution >= 0.6 is 11.3 Å². The topological polar surface area (TPSA) is 57.8 Å². The molecule has 2 N–H and O–H groups in total. The van der Waals surface area contributed by atoms with Crippen molar-refractivity contribution in [1.29, 1.82) is 0 Å². The molecule has 0 radical (unpaired) electrons. The summed E-state index contributed by atoms with van der Waals surface area (Å²) in [4.78, 5) is 12.7. The summed E-state index contributed by atoms with van der Waals surface area (Å²) in [6.45, 7) is 3.77. The molecule has 6 heteroatoms. The molecule has 102 valence electrons. The van der Waals surface area contributed by atoms with E-state index in [1.54, 1.807) is 12.1 Å². The Morgan fingerprint density at radius 3 is 2.85 bits per heavy atom. The van der Waals surface area contributed by atoms with E-state index in [0.29, 0.717) is 10.7 Å². The van der Waals surface area contributed by atoms with Gasteiger partial charge in [-0.3, -0.25) is 9.89 Å². The van der Waals surface area contributed by atoms with Crippen LogP contribution in [0.2, 0.25) is 0 Å². The number of nitrogens with zero attached hydrogens (tertiary/aromatic N) is 1. The average molecular weight is 289 g/mol. The van der Waals surface area contributed by atoms with Crippen LogP contribution in [0.5, 0.6) is 0 Å². The van der Waals surface area contributed by atoms with Gasteiger partial charge in [0.1, 0.15) is 5.82 Å². The Bertz CT molecular complexity index is 806. The van der Waals surface area contributed by atoms with E-state index >= 15 is 0 Å². The summed E-state index contributed by atoms with van der Waals surface area (Å²) < 4.78 is 14.0. The fourth-order valence-corrected chi connectivity index (χ4v) is 2.84. The van der Waals surface area contributed by atoms with Crippen molar-refractivity contribution in [2.45, 2.75) is 13.8 Å². The molecule has 3 aromatic rings. The smallest absolute Gasteiger partial charge is 0.266 e. The van der Waals surface area contributed by atoms with Gasteiger partial charge in [0.05, 0.1) is 4.88 Å². The summed E-state index contributed by atoms with van der Waals surface area (Å²) in [6, 6.07) is 6.18. The SMILES string of the molecule is Cc1[nH]nc(NC(=O)c2cc3cc(F)ccc3s2)c1C. The number of amides is 1. The quantitative estimate of drug-likeness (QED) is 0.757. The van der Waals surface area contributed by atoms with E-state index in [1.165, 1.54) is 23.5 Å². The molecule has 0 saturated heterocycles. The molecule has 0 aliphatic rings. The lowest BCUT2D eigenvalue weighted by molar-refractivity contribution is 0.103. The van der Waals surface area contributed by atoms with Crippen molar-refractivity contribution in [3.05, 3.63) is 46.2 Å². The summed E-state index contributed by atoms with van der Waals surface area (Å²) in [5.41, 5.74) is 1.82. The number of hydrogen-bond acceptors (Lipinski definition) is 3. The zero-order valence-electron chi connectivity index (χ0n) is 11.0. The number of fused-ring (bicyclic) bond motifs is 1. The van der Waals surface area contributed by atoms with Crippen LogP contribution in [0.25, 0.3) is 10.1 Å². The maximum absolute atomic E-state index is 13.1. The van der Waals surface area contributed by atoms with Gasteiger partial charge in [-0.2, -0.15) is 5.10 Å². The first kappa shape index (κ1) is 12.8. The highest BCUT2D eigenvalue weighted by Gasteiger charge is 2.14. The number of aryl methyl sites for hydroxylation is 1. The van der Waals surface area contributed by atoms with Gasteiger partial charge >= 0.3 is 0 Å². The third-order valence-electron chi connectivity index (χ3n) is 3.19. The normalized spacial score (nSPS) is 10.9. The van der Waals surface area contributed by atoms with Crippen molar-refractivity contribution in [2.24, 2.45) is 0 Å². The molecule has 2 aromatic heterocycles. The number of benzene rings is 1. The highest BCUT2D eigenvalue weighted by molar-refractivity contribution is 7.20. The molecule has 0 saturated carbocycles. The third-order valence-corrected chi connectivity index (χ3v) is 4.30. The van der Waals surface area contributed by atoms with Gasteiger partial charge in [0.25, 0.3) is 5.91 Å². The summed E-state index contributed by atoms with van der Waals surface area (Å²) in [7, 11) is 0. The van der Waals surface area contributed by atoms with E-state index in [0.717, 1.165) is 21.3 Å². The van der Waals surface area contributed by atoms with Gasteiger partial charge in [-0.25, -0.2) is 4.39 Å². The molecule has 3 rings (SSSR count). The number of rotatable bonds is 2. The average Bonchev–Trinajstić information content (AvgIpc) is 2.96. The molecule has 0 fully saturated rings. The zero-order chi connectivity index (χ0) is 14.3. The molecular weight excluding hydrogens is 277 g/mol. The Labute approximate surface area is 118 Å². The number of anilines is 1. The molecule has 0 bridgehead atoms. The molecule has 0 aliphatic carbocycles. The summed E-state index contributed by atoms with van der Waals surface area (Å²) in [5.74, 6) is -0.0154. The monoisotopic (exact) mass is 289 g/mol. The third kappa shape index (κ3) is 2.18. The van der Waals surface area contributed by atoms with Crippen molar-refractivity contribution in [3.63, 3.8) is 0 Å². The lowest BCUT2D eigenvalue weighted by Gasteiger charge is -2.00. The minimum atomic E-state index is -0.305. The van der Waals surface area contributed by atoms with Crippen molar-refractivity contribution in [2.75, 3.05) is 5.32 Å². The van der Waals surface area contributed by atoms with Crippen LogP contribution in [0.1, 0.15) is 20.9 Å². The molecule has 1 amide bonds. The van der Waals surface area contributed by atoms with Crippen LogP contribution in [-0.2, 0) is 0 Å². The van der Waals surface area contributed by atoms with Crippen molar-refractivity contribution < 1.29 is 9.18 Å². The molecule has 4 nitrogen and oxygen atoms in total. The number of carbonyl (C=O) groups excluding carboxylic acids is 1. The van der Waals surface area contributed by atoms with Crippen molar-refractivity contribution in [3.8, 4) is 0 Å². The molecule has 0 spiro atoms. The highest BCUT2D eigenvalue weighted by Crippen LogP contribution is 2.27. The van der Waals surface area contributed by atoms with E-state index in [2.05, 4.69) is 15.5 Å². The number of aromatic nitrogens is 2. The second-order valence-corrected chi connectivity index (χ2v) is 5.65. The van der Waals surface area contributed by atoms with Crippen LogP contribution in [-0.4, -0.2) is 16.1 Å². The van der Waals surface area contributed by atoms with E-state index in [-0.39, 0.29) is 11.7 Å². The Kier molecular flexibility index (Phi) is 3.02. The van der Waals surface area contributed by atoms with E-state index in [1.807, 2.05) is 13.8 Å². The lowest BCUT2D eigenvalue weighted by Crippen LogP contribution is -2.11. The first-order valence-electron chi connectivity index (χ1n) is 6.06. The number of hydrogen-bond donors (Lipinski definition) is 2. The standard InChI is InChI=1S/C14H12FN3OS/c1-7-8(2)17-18-13(7)16-14(19)12-6-9-5-10(15)3-4-11(9)20-12/h3-6H,1-2H3,(H2,16,17,18,19). The molecule has 0 unspecified atom stereocenters. The van der Waals surface area contributed by atoms with Crippen LogP contribution in [0.3, 0.4) is 0 Å². The molecule has 0 atom stereocenters. The minimum Gasteiger partial charge on any atom is -0.304 e. The highest BCUT2D eigenvalue weighted by atomic mass is 32.1. The molecular formula is C14H12FN3OS. The predicted molar refractivity (Wildman–Crippen MR) is 77.8 cm³/mol. The summed E-state index contributed by atoms with van der Waals surface area (Å²) in [6.07, 6.45) is 0. The zero-order valence-corrected chi connectivity index (χ0v) is 11.8. The fourth-order valence-electron chi connectivity index (χ4n) is 1.90. The van der Waals surface area contributed by atoms with Gasteiger partial charge in [-0.05, 0) is 43.5 Å². The fraction of sp³-hybridized carbons (Fsp3) is 0.143. The van der Waals surface area contributed by atoms with Crippen LogP contribution in [0, 0.1) is 19.7 Å². The second kappa shape index (κ2) is 4.72.